The number of hydrogen-bond donors (Lipinski definition) is 2. The van der Waals surface area contributed by atoms with E-state index in [1.165, 1.54) is 0 Å². The molecule has 2 aromatic rings. The summed E-state index contributed by atoms with van der Waals surface area (Å²) in [5, 5.41) is 17.2. The molecule has 1 saturated carbocycles. The average Bonchev–Trinajstić information content (AvgIpc) is 3.29. The Morgan fingerprint density at radius 3 is 2.40 bits per heavy atom. The van der Waals surface area contributed by atoms with Gasteiger partial charge in [-0.05, 0) is 78.7 Å². The van der Waals surface area contributed by atoms with Crippen LogP contribution in [0.1, 0.15) is 93.8 Å². The van der Waals surface area contributed by atoms with Gasteiger partial charge in [0.2, 0.25) is 5.91 Å². The average molecular weight is 568 g/mol. The van der Waals surface area contributed by atoms with Gasteiger partial charge in [-0.2, -0.15) is 18.3 Å². The molecule has 4 rings (SSSR count). The van der Waals surface area contributed by atoms with E-state index in [0.717, 1.165) is 35.5 Å². The minimum absolute atomic E-state index is 0.0533. The smallest absolute Gasteiger partial charge is 0.408 e. The summed E-state index contributed by atoms with van der Waals surface area (Å²) in [4.78, 5) is 31.9. The molecule has 2 fully saturated rings. The number of hydrogen-bond acceptors (Lipinski definition) is 6. The molecule has 2 aromatic heterocycles. The predicted molar refractivity (Wildman–Crippen MR) is 142 cm³/mol. The number of fused-ring (bicyclic) bond motifs is 1. The summed E-state index contributed by atoms with van der Waals surface area (Å²) in [5.74, 6) is -1.77. The van der Waals surface area contributed by atoms with Crippen LogP contribution in [0.5, 0.6) is 0 Å². The summed E-state index contributed by atoms with van der Waals surface area (Å²) in [6.07, 6.45) is -2.34. The molecule has 2 N–H and O–H groups in total. The molecule has 2 amide bonds. The van der Waals surface area contributed by atoms with E-state index in [9.17, 15) is 27.9 Å². The lowest BCUT2D eigenvalue weighted by atomic mass is 9.80. The third-order valence-corrected chi connectivity index (χ3v) is 8.05. The van der Waals surface area contributed by atoms with Gasteiger partial charge in [-0.25, -0.2) is 14.3 Å². The molecule has 1 aliphatic carbocycles. The first-order chi connectivity index (χ1) is 18.7. The van der Waals surface area contributed by atoms with Gasteiger partial charge in [0.05, 0.1) is 23.9 Å². The van der Waals surface area contributed by atoms with Gasteiger partial charge < -0.3 is 20.1 Å². The summed E-state index contributed by atoms with van der Waals surface area (Å²) < 4.78 is 46.6. The number of carbonyl (C=O) groups excluding carboxylic acids is 2. The van der Waals surface area contributed by atoms with Crippen molar-refractivity contribution in [1.29, 1.82) is 0 Å². The van der Waals surface area contributed by atoms with Crippen molar-refractivity contribution < 1.29 is 32.6 Å². The Balaban J connectivity index is 1.54. The number of amides is 2. The fraction of sp³-hybridized carbons (Fsp3) is 0.714. The second-order valence-electron chi connectivity index (χ2n) is 12.1. The number of piperidine rings is 1. The van der Waals surface area contributed by atoms with Crippen molar-refractivity contribution in [2.24, 2.45) is 5.92 Å². The molecule has 9 nitrogen and oxygen atoms in total. The Morgan fingerprint density at radius 2 is 1.80 bits per heavy atom. The molecule has 1 saturated heterocycles. The van der Waals surface area contributed by atoms with Gasteiger partial charge in [-0.3, -0.25) is 4.79 Å². The van der Waals surface area contributed by atoms with Crippen molar-refractivity contribution in [3.05, 3.63) is 28.7 Å². The Bertz CT molecular complexity index is 1230. The number of aryl methyl sites for hydroxylation is 1. The first-order valence-electron chi connectivity index (χ1n) is 14.0. The molecule has 40 heavy (non-hydrogen) atoms. The minimum atomic E-state index is -4.16. The summed E-state index contributed by atoms with van der Waals surface area (Å²) in [6, 6.07) is 0.754. The van der Waals surface area contributed by atoms with Gasteiger partial charge in [-0.15, -0.1) is 0 Å². The molecular formula is C28H40F3N5O4. The zero-order valence-corrected chi connectivity index (χ0v) is 23.8. The van der Waals surface area contributed by atoms with E-state index in [1.54, 1.807) is 30.2 Å². The number of carbonyl (C=O) groups is 2. The van der Waals surface area contributed by atoms with E-state index in [-0.39, 0.29) is 30.6 Å². The van der Waals surface area contributed by atoms with Crippen LogP contribution in [0.15, 0.2) is 6.07 Å². The third-order valence-electron chi connectivity index (χ3n) is 8.05. The lowest BCUT2D eigenvalue weighted by molar-refractivity contribution is -0.182. The van der Waals surface area contributed by atoms with Gasteiger partial charge >= 0.3 is 12.3 Å². The quantitative estimate of drug-likeness (QED) is 0.539. The van der Waals surface area contributed by atoms with Gasteiger partial charge in [-0.1, -0.05) is 0 Å². The van der Waals surface area contributed by atoms with Crippen LogP contribution >= 0.6 is 0 Å². The number of rotatable bonds is 5. The minimum Gasteiger partial charge on any atom is -0.444 e. The Morgan fingerprint density at radius 1 is 1.12 bits per heavy atom. The van der Waals surface area contributed by atoms with Crippen LogP contribution in [0.4, 0.5) is 18.0 Å². The number of aliphatic hydroxyl groups is 1. The van der Waals surface area contributed by atoms with Crippen molar-refractivity contribution >= 4 is 17.6 Å². The second-order valence-corrected chi connectivity index (χ2v) is 12.1. The fourth-order valence-electron chi connectivity index (χ4n) is 5.90. The number of alkyl halides is 3. The van der Waals surface area contributed by atoms with Crippen LogP contribution in [0.3, 0.4) is 0 Å². The SMILES string of the molecule is Cc1nc2cc(C3CCC(C(F)(F)F)CC3)nn2c([C@@H]2CCCN(C(=O)C(CO)NC(=O)OC(C)(C)C)C2)c1C. The Kier molecular flexibility index (Phi) is 8.68. The largest absolute Gasteiger partial charge is 0.444 e. The fourth-order valence-corrected chi connectivity index (χ4v) is 5.90. The number of aliphatic hydroxyl groups excluding tert-OH is 1. The van der Waals surface area contributed by atoms with Crippen LogP contribution in [0, 0.1) is 19.8 Å². The molecular weight excluding hydrogens is 527 g/mol. The van der Waals surface area contributed by atoms with Gasteiger partial charge in [0.1, 0.15) is 11.6 Å². The van der Waals surface area contributed by atoms with Gasteiger partial charge in [0.25, 0.3) is 0 Å². The third kappa shape index (κ3) is 6.70. The Labute approximate surface area is 232 Å². The highest BCUT2D eigenvalue weighted by Crippen LogP contribution is 2.43. The van der Waals surface area contributed by atoms with Gasteiger partial charge in [0, 0.05) is 36.7 Å². The maximum Gasteiger partial charge on any atom is 0.408 e. The van der Waals surface area contributed by atoms with Crippen LogP contribution in [-0.2, 0) is 9.53 Å². The summed E-state index contributed by atoms with van der Waals surface area (Å²) in [5.41, 5.74) is 3.37. The van der Waals surface area contributed by atoms with Crippen molar-refractivity contribution in [3.8, 4) is 0 Å². The predicted octanol–water partition coefficient (Wildman–Crippen LogP) is 4.77. The number of likely N-dealkylation sites (tertiary alicyclic amines) is 1. The second kappa shape index (κ2) is 11.5. The van der Waals surface area contributed by atoms with Crippen molar-refractivity contribution in [1.82, 2.24) is 24.8 Å². The van der Waals surface area contributed by atoms with E-state index < -0.39 is 36.4 Å². The molecule has 12 heteroatoms. The normalized spacial score (nSPS) is 23.2. The number of aromatic nitrogens is 3. The molecule has 222 valence electrons. The number of ether oxygens (including phenoxy) is 1. The maximum atomic E-state index is 13.3. The number of halogens is 3. The molecule has 0 radical (unpaired) electrons. The topological polar surface area (TPSA) is 109 Å². The van der Waals surface area contributed by atoms with Crippen molar-refractivity contribution in [2.45, 2.75) is 103 Å². The zero-order chi connectivity index (χ0) is 29.4. The zero-order valence-electron chi connectivity index (χ0n) is 23.8. The summed E-state index contributed by atoms with van der Waals surface area (Å²) in [6.45, 7) is 9.32. The number of alkyl carbamates (subject to hydrolysis) is 1. The first kappa shape index (κ1) is 30.1. The highest BCUT2D eigenvalue weighted by Gasteiger charge is 2.42. The maximum absolute atomic E-state index is 13.3. The molecule has 1 unspecified atom stereocenters. The molecule has 0 aromatic carbocycles. The standard InChI is InChI=1S/C28H40F3N5O4/c1-16-17(2)32-23-13-21(18-8-10-20(11-9-18)28(29,30)31)34-36(23)24(16)19-7-6-12-35(14-19)25(38)22(15-37)33-26(39)40-27(3,4)5/h13,18-20,22,37H,6-12,14-15H2,1-5H3,(H,33,39)/t18?,19-,20?,22?/m1/s1. The molecule has 3 heterocycles. The highest BCUT2D eigenvalue weighted by molar-refractivity contribution is 5.86. The van der Waals surface area contributed by atoms with E-state index in [4.69, 9.17) is 14.8 Å². The van der Waals surface area contributed by atoms with Crippen LogP contribution < -0.4 is 5.32 Å². The molecule has 2 atom stereocenters. The highest BCUT2D eigenvalue weighted by atomic mass is 19.4. The van der Waals surface area contributed by atoms with Crippen LogP contribution in [-0.4, -0.2) is 74.1 Å². The van der Waals surface area contributed by atoms with E-state index in [2.05, 4.69) is 5.32 Å². The van der Waals surface area contributed by atoms with E-state index in [1.807, 2.05) is 19.9 Å². The van der Waals surface area contributed by atoms with E-state index in [0.29, 0.717) is 31.6 Å². The Hall–Kier alpha value is -2.89. The monoisotopic (exact) mass is 567 g/mol. The van der Waals surface area contributed by atoms with Crippen LogP contribution in [0.2, 0.25) is 0 Å². The van der Waals surface area contributed by atoms with Gasteiger partial charge in [0.15, 0.2) is 5.65 Å². The molecule has 0 spiro atoms. The van der Waals surface area contributed by atoms with Crippen LogP contribution in [0.25, 0.3) is 5.65 Å². The lowest BCUT2D eigenvalue weighted by Crippen LogP contribution is -2.53. The lowest BCUT2D eigenvalue weighted by Gasteiger charge is -2.35. The van der Waals surface area contributed by atoms with Crippen molar-refractivity contribution in [2.75, 3.05) is 19.7 Å². The number of nitrogens with zero attached hydrogens (tertiary/aromatic N) is 4. The van der Waals surface area contributed by atoms with Crippen molar-refractivity contribution in [3.63, 3.8) is 0 Å². The summed E-state index contributed by atoms with van der Waals surface area (Å²) in [7, 11) is 0. The first-order valence-corrected chi connectivity index (χ1v) is 14.0. The summed E-state index contributed by atoms with van der Waals surface area (Å²) >= 11 is 0. The number of nitrogens with one attached hydrogen (secondary N) is 1. The van der Waals surface area contributed by atoms with E-state index >= 15 is 0 Å². The molecule has 2 aliphatic rings. The molecule has 1 aliphatic heterocycles. The molecule has 0 bridgehead atoms.